The molecule has 3 heterocycles. The molecule has 1 amide bonds. The minimum Gasteiger partial charge on any atom is -0.456 e. The van der Waals surface area contributed by atoms with E-state index in [2.05, 4.69) is 20.5 Å². The van der Waals surface area contributed by atoms with E-state index in [0.29, 0.717) is 40.3 Å². The van der Waals surface area contributed by atoms with E-state index in [1.54, 1.807) is 11.1 Å². The first-order valence-corrected chi connectivity index (χ1v) is 14.5. The van der Waals surface area contributed by atoms with Crippen molar-refractivity contribution in [3.05, 3.63) is 101 Å². The molecule has 41 heavy (non-hydrogen) atoms. The lowest BCUT2D eigenvalue weighted by Gasteiger charge is -2.17. The van der Waals surface area contributed by atoms with Gasteiger partial charge < -0.3 is 15.0 Å². The summed E-state index contributed by atoms with van der Waals surface area (Å²) in [6.07, 6.45) is 1.70. The van der Waals surface area contributed by atoms with Crippen molar-refractivity contribution in [1.82, 2.24) is 20.1 Å². The predicted octanol–water partition coefficient (Wildman–Crippen LogP) is 8.58. The van der Waals surface area contributed by atoms with Crippen LogP contribution in [-0.4, -0.2) is 39.1 Å². The Kier molecular flexibility index (Phi) is 7.50. The number of benzene rings is 3. The number of aromatic nitrogens is 3. The summed E-state index contributed by atoms with van der Waals surface area (Å²) in [6, 6.07) is 26.9. The van der Waals surface area contributed by atoms with E-state index in [1.807, 2.05) is 98.8 Å². The van der Waals surface area contributed by atoms with Crippen molar-refractivity contribution in [3.8, 4) is 22.8 Å². The lowest BCUT2D eigenvalue weighted by atomic mass is 10.0. The van der Waals surface area contributed by atoms with Crippen LogP contribution >= 0.6 is 22.9 Å². The van der Waals surface area contributed by atoms with Crippen molar-refractivity contribution in [2.75, 3.05) is 18.4 Å². The zero-order chi connectivity index (χ0) is 28.3. The number of ether oxygens (including phenoxy) is 1. The maximum absolute atomic E-state index is 12.9. The van der Waals surface area contributed by atoms with Gasteiger partial charge in [-0.15, -0.1) is 21.5 Å². The number of thiophene rings is 1. The molecule has 0 aliphatic rings. The number of nitrogens with zero attached hydrogens (tertiary/aromatic N) is 4. The molecule has 0 saturated carbocycles. The molecule has 0 aliphatic heterocycles. The quantitative estimate of drug-likeness (QED) is 0.194. The SMILES string of the molecule is CCN(CC)C(=O)c1cc2nccc(Oc3ccc(Nc4nnc(-c5ccc(Cl)cc5)c5ccccc45)cc3)c2s1. The average Bonchev–Trinajstić information content (AvgIpc) is 3.45. The van der Waals surface area contributed by atoms with Crippen LogP contribution in [0.3, 0.4) is 0 Å². The number of halogens is 1. The van der Waals surface area contributed by atoms with Gasteiger partial charge in [-0.3, -0.25) is 9.78 Å². The number of amides is 1. The van der Waals surface area contributed by atoms with Crippen LogP contribution < -0.4 is 10.1 Å². The number of carbonyl (C=O) groups excluding carboxylic acids is 1. The zero-order valence-electron chi connectivity index (χ0n) is 22.5. The standard InChI is InChI=1S/C32H26ClN5O2S/c1-3-38(4-2)32(39)28-19-26-30(41-28)27(17-18-34-26)40-23-15-13-22(14-16-23)35-31-25-8-6-5-7-24(25)29(36-37-31)20-9-11-21(33)12-10-20/h5-19H,3-4H2,1-2H3,(H,35,37). The first kappa shape index (κ1) is 26.7. The number of pyridine rings is 1. The van der Waals surface area contributed by atoms with Crippen LogP contribution in [0.2, 0.25) is 5.02 Å². The van der Waals surface area contributed by atoms with Crippen molar-refractivity contribution in [2.24, 2.45) is 0 Å². The van der Waals surface area contributed by atoms with E-state index < -0.39 is 0 Å². The fourth-order valence-electron chi connectivity index (χ4n) is 4.65. The minimum absolute atomic E-state index is 0.0104. The number of hydrogen-bond acceptors (Lipinski definition) is 7. The van der Waals surface area contributed by atoms with Crippen LogP contribution in [-0.2, 0) is 0 Å². The van der Waals surface area contributed by atoms with Gasteiger partial charge in [-0.1, -0.05) is 48.0 Å². The topological polar surface area (TPSA) is 80.2 Å². The van der Waals surface area contributed by atoms with Crippen LogP contribution in [0.5, 0.6) is 11.5 Å². The summed E-state index contributed by atoms with van der Waals surface area (Å²) in [6.45, 7) is 5.28. The first-order chi connectivity index (χ1) is 20.0. The van der Waals surface area contributed by atoms with Gasteiger partial charge in [0.15, 0.2) is 5.82 Å². The Morgan fingerprint density at radius 2 is 1.66 bits per heavy atom. The Labute approximate surface area is 246 Å². The number of fused-ring (bicyclic) bond motifs is 2. The average molecular weight is 580 g/mol. The van der Waals surface area contributed by atoms with Crippen LogP contribution in [0.25, 0.3) is 32.2 Å². The fraction of sp³-hybridized carbons (Fsp3) is 0.125. The third-order valence-corrected chi connectivity index (χ3v) is 8.17. The van der Waals surface area contributed by atoms with Crippen LogP contribution in [0.4, 0.5) is 11.5 Å². The summed E-state index contributed by atoms with van der Waals surface area (Å²) in [4.78, 5) is 19.8. The normalized spacial score (nSPS) is 11.1. The Bertz CT molecular complexity index is 1850. The predicted molar refractivity (Wildman–Crippen MR) is 167 cm³/mol. The van der Waals surface area contributed by atoms with Crippen LogP contribution in [0, 0.1) is 0 Å². The van der Waals surface area contributed by atoms with E-state index in [0.717, 1.165) is 37.9 Å². The highest BCUT2D eigenvalue weighted by atomic mass is 35.5. The lowest BCUT2D eigenvalue weighted by Crippen LogP contribution is -2.29. The number of rotatable bonds is 8. The highest BCUT2D eigenvalue weighted by Crippen LogP contribution is 2.36. The molecule has 0 aliphatic carbocycles. The molecule has 9 heteroatoms. The second-order valence-electron chi connectivity index (χ2n) is 9.31. The molecule has 0 spiro atoms. The number of hydrogen-bond donors (Lipinski definition) is 1. The van der Waals surface area contributed by atoms with E-state index in [4.69, 9.17) is 16.3 Å². The zero-order valence-corrected chi connectivity index (χ0v) is 24.0. The highest BCUT2D eigenvalue weighted by Gasteiger charge is 2.18. The van der Waals surface area contributed by atoms with Gasteiger partial charge >= 0.3 is 0 Å². The molecule has 204 valence electrons. The van der Waals surface area contributed by atoms with Gasteiger partial charge in [0.2, 0.25) is 0 Å². The summed E-state index contributed by atoms with van der Waals surface area (Å²) >= 11 is 7.48. The van der Waals surface area contributed by atoms with Gasteiger partial charge in [0.05, 0.1) is 15.1 Å². The fourth-order valence-corrected chi connectivity index (χ4v) is 5.81. The molecule has 1 N–H and O–H groups in total. The second kappa shape index (κ2) is 11.5. The summed E-state index contributed by atoms with van der Waals surface area (Å²) in [5.74, 6) is 2.00. The van der Waals surface area contributed by atoms with Crippen molar-refractivity contribution in [1.29, 1.82) is 0 Å². The van der Waals surface area contributed by atoms with E-state index >= 15 is 0 Å². The van der Waals surface area contributed by atoms with Gasteiger partial charge in [0.1, 0.15) is 17.2 Å². The molecule has 0 fully saturated rings. The van der Waals surface area contributed by atoms with E-state index in [-0.39, 0.29) is 5.91 Å². The molecular formula is C32H26ClN5O2S. The third kappa shape index (κ3) is 5.44. The number of carbonyl (C=O) groups is 1. The van der Waals surface area contributed by atoms with Crippen molar-refractivity contribution < 1.29 is 9.53 Å². The largest absolute Gasteiger partial charge is 0.456 e. The monoisotopic (exact) mass is 579 g/mol. The van der Waals surface area contributed by atoms with Crippen LogP contribution in [0.15, 0.2) is 91.1 Å². The Hall–Kier alpha value is -4.53. The van der Waals surface area contributed by atoms with Crippen molar-refractivity contribution in [3.63, 3.8) is 0 Å². The Morgan fingerprint density at radius 3 is 2.39 bits per heavy atom. The molecular weight excluding hydrogens is 554 g/mol. The molecule has 0 radical (unpaired) electrons. The summed E-state index contributed by atoms with van der Waals surface area (Å²) in [7, 11) is 0. The Balaban J connectivity index is 1.23. The first-order valence-electron chi connectivity index (χ1n) is 13.3. The minimum atomic E-state index is 0.0104. The highest BCUT2D eigenvalue weighted by molar-refractivity contribution is 7.21. The third-order valence-electron chi connectivity index (χ3n) is 6.79. The maximum Gasteiger partial charge on any atom is 0.264 e. The lowest BCUT2D eigenvalue weighted by molar-refractivity contribution is 0.0778. The van der Waals surface area contributed by atoms with Gasteiger partial charge in [-0.25, -0.2) is 0 Å². The summed E-state index contributed by atoms with van der Waals surface area (Å²) in [5, 5.41) is 15.1. The van der Waals surface area contributed by atoms with Crippen LogP contribution in [0.1, 0.15) is 23.5 Å². The van der Waals surface area contributed by atoms with Gasteiger partial charge in [0, 0.05) is 52.4 Å². The molecule has 3 aromatic heterocycles. The second-order valence-corrected chi connectivity index (χ2v) is 10.8. The molecule has 0 bridgehead atoms. The van der Waals surface area contributed by atoms with Gasteiger partial charge in [0.25, 0.3) is 5.91 Å². The van der Waals surface area contributed by atoms with E-state index in [9.17, 15) is 4.79 Å². The summed E-state index contributed by atoms with van der Waals surface area (Å²) < 4.78 is 7.07. The summed E-state index contributed by atoms with van der Waals surface area (Å²) in [5.41, 5.74) is 3.34. The van der Waals surface area contributed by atoms with E-state index in [1.165, 1.54) is 11.3 Å². The van der Waals surface area contributed by atoms with Crippen molar-refractivity contribution >= 4 is 61.3 Å². The molecule has 6 aromatic rings. The molecule has 0 atom stereocenters. The maximum atomic E-state index is 12.9. The van der Waals surface area contributed by atoms with Crippen molar-refractivity contribution in [2.45, 2.75) is 13.8 Å². The number of anilines is 2. The molecule has 6 rings (SSSR count). The Morgan fingerprint density at radius 1 is 0.927 bits per heavy atom. The molecule has 3 aromatic carbocycles. The number of nitrogens with one attached hydrogen (secondary N) is 1. The smallest absolute Gasteiger partial charge is 0.264 e. The molecule has 7 nitrogen and oxygen atoms in total. The molecule has 0 unspecified atom stereocenters. The van der Waals surface area contributed by atoms with Gasteiger partial charge in [-0.2, -0.15) is 0 Å². The molecule has 0 saturated heterocycles. The van der Waals surface area contributed by atoms with Gasteiger partial charge in [-0.05, 0) is 56.3 Å².